The highest BCUT2D eigenvalue weighted by atomic mass is 32.2. The Morgan fingerprint density at radius 3 is 2.23 bits per heavy atom. The molecule has 5 heteroatoms. The van der Waals surface area contributed by atoms with E-state index >= 15 is 0 Å². The van der Waals surface area contributed by atoms with Gasteiger partial charge in [0, 0.05) is 13.1 Å². The first-order chi connectivity index (χ1) is 6.12. The molecule has 0 atom stereocenters. The molecule has 0 radical (unpaired) electrons. The Balaban J connectivity index is 3.41. The van der Waals surface area contributed by atoms with Gasteiger partial charge in [0.25, 0.3) is 0 Å². The van der Waals surface area contributed by atoms with Gasteiger partial charge in [0.1, 0.15) is 0 Å². The zero-order valence-corrected chi connectivity index (χ0v) is 9.28. The third-order valence-corrected chi connectivity index (χ3v) is 3.11. The van der Waals surface area contributed by atoms with E-state index in [4.69, 9.17) is 0 Å². The maximum Gasteiger partial charge on any atom is 0.211 e. The average Bonchev–Trinajstić information content (AvgIpc) is 2.04. The molecule has 2 N–H and O–H groups in total. The average molecular weight is 208 g/mol. The monoisotopic (exact) mass is 208 g/mol. The molecule has 4 nitrogen and oxygen atoms in total. The van der Waals surface area contributed by atoms with Crippen LogP contribution in [0.25, 0.3) is 0 Å². The van der Waals surface area contributed by atoms with Gasteiger partial charge in [-0.3, -0.25) is 0 Å². The lowest BCUT2D eigenvalue weighted by molar-refractivity contribution is 0.574. The topological polar surface area (TPSA) is 58.2 Å². The Morgan fingerprint density at radius 2 is 1.69 bits per heavy atom. The molecule has 0 bridgehead atoms. The first-order valence-corrected chi connectivity index (χ1v) is 6.45. The summed E-state index contributed by atoms with van der Waals surface area (Å²) in [4.78, 5) is 0. The predicted octanol–water partition coefficient (Wildman–Crippen LogP) is 0.315. The van der Waals surface area contributed by atoms with Gasteiger partial charge in [0.15, 0.2) is 0 Å². The van der Waals surface area contributed by atoms with E-state index in [0.717, 1.165) is 13.0 Å². The van der Waals surface area contributed by atoms with Crippen molar-refractivity contribution >= 4 is 10.0 Å². The van der Waals surface area contributed by atoms with Crippen LogP contribution in [-0.4, -0.2) is 33.8 Å². The lowest BCUT2D eigenvalue weighted by Gasteiger charge is -2.05. The van der Waals surface area contributed by atoms with Crippen molar-refractivity contribution in [2.75, 3.05) is 25.4 Å². The minimum Gasteiger partial charge on any atom is -0.315 e. The van der Waals surface area contributed by atoms with Crippen molar-refractivity contribution in [3.63, 3.8) is 0 Å². The molecule has 0 aliphatic carbocycles. The third-order valence-electron chi connectivity index (χ3n) is 1.52. The van der Waals surface area contributed by atoms with E-state index in [2.05, 4.69) is 17.0 Å². The standard InChI is InChI=1S/C8H20N2O2S/c1-3-5-9-6-7-10-13(11,12)8-4-2/h9-10H,3-8H2,1-2H3. The van der Waals surface area contributed by atoms with E-state index in [-0.39, 0.29) is 5.75 Å². The summed E-state index contributed by atoms with van der Waals surface area (Å²) in [5.41, 5.74) is 0. The van der Waals surface area contributed by atoms with E-state index in [1.807, 2.05) is 6.92 Å². The summed E-state index contributed by atoms with van der Waals surface area (Å²) in [6, 6.07) is 0. The molecule has 0 aliphatic heterocycles. The minimum atomic E-state index is -3.01. The van der Waals surface area contributed by atoms with Crippen LogP contribution in [0.5, 0.6) is 0 Å². The summed E-state index contributed by atoms with van der Waals surface area (Å²) in [5, 5.41) is 3.12. The second-order valence-electron chi connectivity index (χ2n) is 2.96. The van der Waals surface area contributed by atoms with Gasteiger partial charge in [-0.05, 0) is 19.4 Å². The SMILES string of the molecule is CCCNCCNS(=O)(=O)CCC. The third kappa shape index (κ3) is 8.21. The quantitative estimate of drug-likeness (QED) is 0.565. The first-order valence-electron chi connectivity index (χ1n) is 4.80. The zero-order valence-electron chi connectivity index (χ0n) is 8.47. The Labute approximate surface area is 81.2 Å². The number of hydrogen-bond acceptors (Lipinski definition) is 3. The number of sulfonamides is 1. The van der Waals surface area contributed by atoms with Crippen molar-refractivity contribution < 1.29 is 8.42 Å². The van der Waals surface area contributed by atoms with Crippen molar-refractivity contribution in [2.24, 2.45) is 0 Å². The fourth-order valence-electron chi connectivity index (χ4n) is 0.938. The highest BCUT2D eigenvalue weighted by Crippen LogP contribution is 1.86. The Bertz CT molecular complexity index is 202. The van der Waals surface area contributed by atoms with Crippen LogP contribution in [-0.2, 0) is 10.0 Å². The summed E-state index contributed by atoms with van der Waals surface area (Å²) in [6.07, 6.45) is 1.74. The highest BCUT2D eigenvalue weighted by Gasteiger charge is 2.05. The second kappa shape index (κ2) is 7.29. The molecule has 0 aromatic heterocycles. The van der Waals surface area contributed by atoms with Crippen LogP contribution in [0.4, 0.5) is 0 Å². The summed E-state index contributed by atoms with van der Waals surface area (Å²) in [5.74, 6) is 0.223. The summed E-state index contributed by atoms with van der Waals surface area (Å²) in [7, 11) is -3.01. The van der Waals surface area contributed by atoms with E-state index < -0.39 is 10.0 Å². The molecule has 0 heterocycles. The lowest BCUT2D eigenvalue weighted by atomic mass is 10.5. The molecule has 0 saturated carbocycles. The molecule has 0 unspecified atom stereocenters. The van der Waals surface area contributed by atoms with Gasteiger partial charge in [0.05, 0.1) is 5.75 Å². The van der Waals surface area contributed by atoms with Crippen LogP contribution >= 0.6 is 0 Å². The number of rotatable bonds is 8. The molecule has 0 rings (SSSR count). The van der Waals surface area contributed by atoms with Crippen LogP contribution in [0, 0.1) is 0 Å². The van der Waals surface area contributed by atoms with Crippen LogP contribution in [0.1, 0.15) is 26.7 Å². The lowest BCUT2D eigenvalue weighted by Crippen LogP contribution is -2.33. The Kier molecular flexibility index (Phi) is 7.22. The normalized spacial score (nSPS) is 11.8. The number of nitrogens with one attached hydrogen (secondary N) is 2. The van der Waals surface area contributed by atoms with Crippen LogP contribution in [0.2, 0.25) is 0 Å². The molecular formula is C8H20N2O2S. The van der Waals surface area contributed by atoms with E-state index in [9.17, 15) is 8.42 Å². The van der Waals surface area contributed by atoms with E-state index in [1.54, 1.807) is 0 Å². The molecule has 0 saturated heterocycles. The van der Waals surface area contributed by atoms with Gasteiger partial charge in [-0.2, -0.15) is 0 Å². The fraction of sp³-hybridized carbons (Fsp3) is 1.00. The van der Waals surface area contributed by atoms with Crippen molar-refractivity contribution in [1.82, 2.24) is 10.0 Å². The Morgan fingerprint density at radius 1 is 1.00 bits per heavy atom. The second-order valence-corrected chi connectivity index (χ2v) is 4.89. The smallest absolute Gasteiger partial charge is 0.211 e. The van der Waals surface area contributed by atoms with Crippen molar-refractivity contribution in [1.29, 1.82) is 0 Å². The molecule has 0 spiro atoms. The van der Waals surface area contributed by atoms with E-state index in [0.29, 0.717) is 19.5 Å². The van der Waals surface area contributed by atoms with Gasteiger partial charge in [-0.15, -0.1) is 0 Å². The van der Waals surface area contributed by atoms with Crippen molar-refractivity contribution in [3.8, 4) is 0 Å². The van der Waals surface area contributed by atoms with Gasteiger partial charge in [-0.25, -0.2) is 13.1 Å². The molecule has 13 heavy (non-hydrogen) atoms. The van der Waals surface area contributed by atoms with Gasteiger partial charge in [-0.1, -0.05) is 13.8 Å². The molecule has 0 amide bonds. The van der Waals surface area contributed by atoms with Crippen molar-refractivity contribution in [2.45, 2.75) is 26.7 Å². The highest BCUT2D eigenvalue weighted by molar-refractivity contribution is 7.89. The summed E-state index contributed by atoms with van der Waals surface area (Å²) in [6.45, 7) is 6.07. The number of hydrogen-bond donors (Lipinski definition) is 2. The summed E-state index contributed by atoms with van der Waals surface area (Å²) < 4.78 is 24.8. The van der Waals surface area contributed by atoms with Gasteiger partial charge >= 0.3 is 0 Å². The molecular weight excluding hydrogens is 188 g/mol. The van der Waals surface area contributed by atoms with Crippen molar-refractivity contribution in [3.05, 3.63) is 0 Å². The van der Waals surface area contributed by atoms with Gasteiger partial charge < -0.3 is 5.32 Å². The van der Waals surface area contributed by atoms with E-state index in [1.165, 1.54) is 0 Å². The van der Waals surface area contributed by atoms with Gasteiger partial charge in [0.2, 0.25) is 10.0 Å². The predicted molar refractivity (Wildman–Crippen MR) is 55.2 cm³/mol. The molecule has 0 aromatic rings. The molecule has 0 fully saturated rings. The first kappa shape index (κ1) is 12.9. The largest absolute Gasteiger partial charge is 0.315 e. The molecule has 0 aliphatic rings. The van der Waals surface area contributed by atoms with Crippen LogP contribution in [0.3, 0.4) is 0 Å². The van der Waals surface area contributed by atoms with Crippen LogP contribution < -0.4 is 10.0 Å². The fourth-order valence-corrected chi connectivity index (χ4v) is 2.03. The van der Waals surface area contributed by atoms with Crippen LogP contribution in [0.15, 0.2) is 0 Å². The zero-order chi connectivity index (χ0) is 10.2. The maximum absolute atomic E-state index is 11.1. The maximum atomic E-state index is 11.1. The molecule has 0 aromatic carbocycles. The Hall–Kier alpha value is -0.130. The molecule has 80 valence electrons. The minimum absolute atomic E-state index is 0.223. The summed E-state index contributed by atoms with van der Waals surface area (Å²) >= 11 is 0.